The summed E-state index contributed by atoms with van der Waals surface area (Å²) in [6.45, 7) is 10.2. The van der Waals surface area contributed by atoms with Crippen molar-refractivity contribution in [2.75, 3.05) is 13.1 Å². The molecule has 1 saturated carbocycles. The van der Waals surface area contributed by atoms with Crippen molar-refractivity contribution < 1.29 is 23.9 Å². The molecule has 7 nitrogen and oxygen atoms in total. The summed E-state index contributed by atoms with van der Waals surface area (Å²) in [6.07, 6.45) is 4.32. The van der Waals surface area contributed by atoms with Crippen LogP contribution in [0.15, 0.2) is 0 Å². The van der Waals surface area contributed by atoms with E-state index in [-0.39, 0.29) is 29.9 Å². The number of piperidine rings is 1. The van der Waals surface area contributed by atoms with Crippen molar-refractivity contribution in [2.24, 2.45) is 11.8 Å². The van der Waals surface area contributed by atoms with Crippen LogP contribution in [0.4, 0.5) is 4.79 Å². The zero-order valence-electron chi connectivity index (χ0n) is 18.0. The van der Waals surface area contributed by atoms with Crippen LogP contribution in [0.1, 0.15) is 73.1 Å². The average molecular weight is 397 g/mol. The van der Waals surface area contributed by atoms with Gasteiger partial charge in [0.2, 0.25) is 0 Å². The first-order valence-corrected chi connectivity index (χ1v) is 10.6. The first-order chi connectivity index (χ1) is 13.1. The van der Waals surface area contributed by atoms with Crippen molar-refractivity contribution in [1.82, 2.24) is 10.2 Å². The molecule has 0 spiro atoms. The minimum absolute atomic E-state index is 0.166. The van der Waals surface area contributed by atoms with Gasteiger partial charge in [0.15, 0.2) is 6.10 Å². The number of nitrogens with zero attached hydrogens (tertiary/aromatic N) is 1. The van der Waals surface area contributed by atoms with Crippen LogP contribution in [0.5, 0.6) is 0 Å². The molecule has 1 aliphatic carbocycles. The Balaban J connectivity index is 1.75. The highest BCUT2D eigenvalue weighted by Gasteiger charge is 2.33. The number of nitrogens with one attached hydrogen (secondary N) is 1. The number of likely N-dealkylation sites (tertiary alicyclic amines) is 1. The average Bonchev–Trinajstić information content (AvgIpc) is 2.62. The summed E-state index contributed by atoms with van der Waals surface area (Å²) < 4.78 is 10.8. The van der Waals surface area contributed by atoms with Crippen LogP contribution in [0.3, 0.4) is 0 Å². The van der Waals surface area contributed by atoms with Crippen LogP contribution in [0.25, 0.3) is 0 Å². The molecule has 1 N–H and O–H groups in total. The van der Waals surface area contributed by atoms with Gasteiger partial charge in [0.05, 0.1) is 5.92 Å². The Hall–Kier alpha value is -1.79. The van der Waals surface area contributed by atoms with Gasteiger partial charge in [0.25, 0.3) is 5.91 Å². The maximum absolute atomic E-state index is 12.4. The molecule has 1 saturated heterocycles. The van der Waals surface area contributed by atoms with E-state index in [2.05, 4.69) is 12.2 Å². The molecule has 160 valence electrons. The molecule has 0 aromatic rings. The molecule has 1 heterocycles. The summed E-state index contributed by atoms with van der Waals surface area (Å²) in [5, 5.41) is 3.03. The topological polar surface area (TPSA) is 84.9 Å². The van der Waals surface area contributed by atoms with Gasteiger partial charge in [-0.05, 0) is 59.3 Å². The summed E-state index contributed by atoms with van der Waals surface area (Å²) in [5.74, 6) is -0.415. The Kier molecular flexibility index (Phi) is 7.72. The third-order valence-electron chi connectivity index (χ3n) is 5.58. The quantitative estimate of drug-likeness (QED) is 0.737. The van der Waals surface area contributed by atoms with Crippen molar-refractivity contribution in [3.63, 3.8) is 0 Å². The largest absolute Gasteiger partial charge is 0.452 e. The summed E-state index contributed by atoms with van der Waals surface area (Å²) in [5.41, 5.74) is -0.536. The van der Waals surface area contributed by atoms with Crippen molar-refractivity contribution >= 4 is 18.0 Å². The van der Waals surface area contributed by atoms with Gasteiger partial charge in [0.1, 0.15) is 5.60 Å². The first kappa shape index (κ1) is 22.5. The standard InChI is InChI=1S/C21H36N2O5/c1-14-8-6-7-9-17(14)22-18(24)15(2)27-19(25)16-10-12-23(13-11-16)20(26)28-21(3,4)5/h14-17H,6-13H2,1-5H3,(H,22,24)/t14-,15-,17+/m1/s1. The number of hydrogen-bond donors (Lipinski definition) is 1. The normalized spacial score (nSPS) is 25.0. The number of ether oxygens (including phenoxy) is 2. The van der Waals surface area contributed by atoms with Crippen LogP contribution < -0.4 is 5.32 Å². The fourth-order valence-electron chi connectivity index (χ4n) is 3.78. The highest BCUT2D eigenvalue weighted by atomic mass is 16.6. The van der Waals surface area contributed by atoms with Crippen molar-refractivity contribution in [3.8, 4) is 0 Å². The summed E-state index contributed by atoms with van der Waals surface area (Å²) in [6, 6.07) is 0.166. The fraction of sp³-hybridized carbons (Fsp3) is 0.857. The van der Waals surface area contributed by atoms with E-state index in [1.165, 1.54) is 6.42 Å². The Labute approximate surface area is 168 Å². The second kappa shape index (κ2) is 9.61. The van der Waals surface area contributed by atoms with E-state index in [4.69, 9.17) is 9.47 Å². The minimum atomic E-state index is -0.800. The van der Waals surface area contributed by atoms with Crippen LogP contribution in [-0.4, -0.2) is 53.7 Å². The summed E-state index contributed by atoms with van der Waals surface area (Å²) >= 11 is 0. The number of hydrogen-bond acceptors (Lipinski definition) is 5. The zero-order chi connectivity index (χ0) is 20.9. The first-order valence-electron chi connectivity index (χ1n) is 10.6. The molecular weight excluding hydrogens is 360 g/mol. The molecule has 7 heteroatoms. The Morgan fingerprint density at radius 2 is 1.64 bits per heavy atom. The van der Waals surface area contributed by atoms with Gasteiger partial charge in [-0.3, -0.25) is 9.59 Å². The fourth-order valence-corrected chi connectivity index (χ4v) is 3.78. The van der Waals surface area contributed by atoms with Crippen molar-refractivity contribution in [2.45, 2.75) is 90.9 Å². The molecule has 0 bridgehead atoms. The van der Waals surface area contributed by atoms with E-state index in [1.807, 2.05) is 20.8 Å². The van der Waals surface area contributed by atoms with Crippen LogP contribution in [0.2, 0.25) is 0 Å². The van der Waals surface area contributed by atoms with E-state index < -0.39 is 11.7 Å². The second-order valence-electron chi connectivity index (χ2n) is 9.20. The molecule has 1 aliphatic heterocycles. The van der Waals surface area contributed by atoms with E-state index in [9.17, 15) is 14.4 Å². The molecule has 2 amide bonds. The molecule has 0 aromatic carbocycles. The van der Waals surface area contributed by atoms with Crippen LogP contribution in [-0.2, 0) is 19.1 Å². The lowest BCUT2D eigenvalue weighted by atomic mass is 9.86. The van der Waals surface area contributed by atoms with Crippen LogP contribution >= 0.6 is 0 Å². The highest BCUT2D eigenvalue weighted by molar-refractivity contribution is 5.84. The van der Waals surface area contributed by atoms with Crippen molar-refractivity contribution in [1.29, 1.82) is 0 Å². The number of rotatable bonds is 4. The van der Waals surface area contributed by atoms with E-state index in [1.54, 1.807) is 11.8 Å². The number of carbonyl (C=O) groups is 3. The summed E-state index contributed by atoms with van der Waals surface area (Å²) in [7, 11) is 0. The predicted molar refractivity (Wildman–Crippen MR) is 106 cm³/mol. The molecule has 0 radical (unpaired) electrons. The SMILES string of the molecule is C[C@@H]1CCCC[C@@H]1NC(=O)[C@@H](C)OC(=O)C1CCN(C(=O)OC(C)(C)C)CC1. The smallest absolute Gasteiger partial charge is 0.410 e. The molecular formula is C21H36N2O5. The molecule has 2 aliphatic rings. The molecule has 2 fully saturated rings. The third-order valence-corrected chi connectivity index (χ3v) is 5.58. The monoisotopic (exact) mass is 396 g/mol. The van der Waals surface area contributed by atoms with Gasteiger partial charge < -0.3 is 19.7 Å². The molecule has 3 atom stereocenters. The minimum Gasteiger partial charge on any atom is -0.452 e. The predicted octanol–water partition coefficient (Wildman–Crippen LogP) is 3.26. The molecule has 28 heavy (non-hydrogen) atoms. The Morgan fingerprint density at radius 1 is 1.04 bits per heavy atom. The molecule has 0 aromatic heterocycles. The van der Waals surface area contributed by atoms with Gasteiger partial charge in [-0.2, -0.15) is 0 Å². The lowest BCUT2D eigenvalue weighted by Gasteiger charge is -2.33. The van der Waals surface area contributed by atoms with E-state index in [0.717, 1.165) is 19.3 Å². The third kappa shape index (κ3) is 6.67. The lowest BCUT2D eigenvalue weighted by Crippen LogP contribution is -2.47. The maximum Gasteiger partial charge on any atom is 0.410 e. The number of carbonyl (C=O) groups excluding carboxylic acids is 3. The number of amides is 2. The van der Waals surface area contributed by atoms with E-state index in [0.29, 0.717) is 31.8 Å². The zero-order valence-corrected chi connectivity index (χ0v) is 18.0. The van der Waals surface area contributed by atoms with E-state index >= 15 is 0 Å². The Morgan fingerprint density at radius 3 is 2.21 bits per heavy atom. The second-order valence-corrected chi connectivity index (χ2v) is 9.20. The van der Waals surface area contributed by atoms with Gasteiger partial charge >= 0.3 is 12.1 Å². The maximum atomic E-state index is 12.4. The molecule has 0 unspecified atom stereocenters. The number of esters is 1. The highest BCUT2D eigenvalue weighted by Crippen LogP contribution is 2.24. The van der Waals surface area contributed by atoms with Crippen molar-refractivity contribution in [3.05, 3.63) is 0 Å². The summed E-state index contributed by atoms with van der Waals surface area (Å²) in [4.78, 5) is 38.6. The van der Waals surface area contributed by atoms with Gasteiger partial charge in [0, 0.05) is 19.1 Å². The van der Waals surface area contributed by atoms with Gasteiger partial charge in [-0.1, -0.05) is 19.8 Å². The van der Waals surface area contributed by atoms with Gasteiger partial charge in [-0.15, -0.1) is 0 Å². The lowest BCUT2D eigenvalue weighted by molar-refractivity contribution is -0.160. The Bertz CT molecular complexity index is 564. The van der Waals surface area contributed by atoms with Crippen LogP contribution in [0, 0.1) is 11.8 Å². The molecule has 2 rings (SSSR count). The van der Waals surface area contributed by atoms with Gasteiger partial charge in [-0.25, -0.2) is 4.79 Å².